The highest BCUT2D eigenvalue weighted by atomic mass is 15.2. The Morgan fingerprint density at radius 2 is 1.91 bits per heavy atom. The zero-order valence-electron chi connectivity index (χ0n) is 13.7. The van der Waals surface area contributed by atoms with Crippen molar-refractivity contribution in [2.45, 2.75) is 26.7 Å². The van der Waals surface area contributed by atoms with Crippen LogP contribution < -0.4 is 4.90 Å². The van der Waals surface area contributed by atoms with Crippen LogP contribution in [0.25, 0.3) is 11.0 Å². The smallest absolute Gasteiger partial charge is 0.134 e. The summed E-state index contributed by atoms with van der Waals surface area (Å²) in [5.41, 5.74) is 5.98. The Kier molecular flexibility index (Phi) is 3.84. The van der Waals surface area contributed by atoms with Crippen LogP contribution in [0, 0.1) is 0 Å². The minimum atomic E-state index is 0.927. The first-order valence-electron chi connectivity index (χ1n) is 7.76. The first-order valence-corrected chi connectivity index (χ1v) is 7.76. The number of nitrogens with zero attached hydrogens (tertiary/aromatic N) is 4. The predicted molar refractivity (Wildman–Crippen MR) is 91.8 cm³/mol. The van der Waals surface area contributed by atoms with Crippen molar-refractivity contribution >= 4 is 22.5 Å². The maximum Gasteiger partial charge on any atom is 0.134 e. The molecule has 0 aliphatic carbocycles. The number of imidazole rings is 1. The molecule has 0 saturated heterocycles. The van der Waals surface area contributed by atoms with E-state index in [-0.39, 0.29) is 0 Å². The van der Waals surface area contributed by atoms with Crippen LogP contribution in [-0.4, -0.2) is 21.6 Å². The zero-order chi connectivity index (χ0) is 15.7. The van der Waals surface area contributed by atoms with E-state index < -0.39 is 0 Å². The van der Waals surface area contributed by atoms with E-state index in [9.17, 15) is 0 Å². The van der Waals surface area contributed by atoms with Gasteiger partial charge in [0.1, 0.15) is 11.3 Å². The summed E-state index contributed by atoms with van der Waals surface area (Å²) in [7, 11) is 4.08. The van der Waals surface area contributed by atoms with E-state index in [1.54, 1.807) is 0 Å². The highest BCUT2D eigenvalue weighted by molar-refractivity contribution is 5.79. The zero-order valence-corrected chi connectivity index (χ0v) is 13.7. The molecule has 2 heterocycles. The van der Waals surface area contributed by atoms with E-state index in [2.05, 4.69) is 60.0 Å². The van der Waals surface area contributed by atoms with E-state index in [0.717, 1.165) is 29.7 Å². The normalized spacial score (nSPS) is 11.1. The van der Waals surface area contributed by atoms with Gasteiger partial charge in [0.2, 0.25) is 0 Å². The molecule has 3 rings (SSSR count). The van der Waals surface area contributed by atoms with Crippen molar-refractivity contribution in [3.05, 3.63) is 47.9 Å². The SMILES string of the molecule is CCc1ccc(N(C)c2cc3c(cn2)ncn3C)c(CC)c1. The Morgan fingerprint density at radius 3 is 2.64 bits per heavy atom. The van der Waals surface area contributed by atoms with Crippen molar-refractivity contribution in [2.75, 3.05) is 11.9 Å². The van der Waals surface area contributed by atoms with Crippen molar-refractivity contribution in [2.24, 2.45) is 7.05 Å². The number of aryl methyl sites for hydroxylation is 3. The molecule has 0 saturated carbocycles. The Balaban J connectivity index is 2.04. The largest absolute Gasteiger partial charge is 0.334 e. The molecule has 3 aromatic rings. The van der Waals surface area contributed by atoms with Gasteiger partial charge in [0, 0.05) is 25.8 Å². The monoisotopic (exact) mass is 294 g/mol. The van der Waals surface area contributed by atoms with E-state index >= 15 is 0 Å². The lowest BCUT2D eigenvalue weighted by atomic mass is 10.0. The maximum atomic E-state index is 4.56. The third-order valence-corrected chi connectivity index (χ3v) is 4.24. The van der Waals surface area contributed by atoms with E-state index in [1.165, 1.54) is 16.8 Å². The second kappa shape index (κ2) is 5.79. The van der Waals surface area contributed by atoms with Crippen molar-refractivity contribution in [3.63, 3.8) is 0 Å². The fourth-order valence-electron chi connectivity index (χ4n) is 2.80. The Hall–Kier alpha value is -2.36. The van der Waals surface area contributed by atoms with Crippen LogP contribution >= 0.6 is 0 Å². The van der Waals surface area contributed by atoms with Gasteiger partial charge in [0.15, 0.2) is 0 Å². The Bertz CT molecular complexity index is 804. The molecule has 0 atom stereocenters. The molecule has 0 bridgehead atoms. The molecule has 2 aromatic heterocycles. The minimum Gasteiger partial charge on any atom is -0.334 e. The molecule has 0 amide bonds. The van der Waals surface area contributed by atoms with Crippen LogP contribution in [0.5, 0.6) is 0 Å². The third-order valence-electron chi connectivity index (χ3n) is 4.24. The molecule has 22 heavy (non-hydrogen) atoms. The Morgan fingerprint density at radius 1 is 1.09 bits per heavy atom. The van der Waals surface area contributed by atoms with Crippen LogP contribution in [0.4, 0.5) is 11.5 Å². The number of benzene rings is 1. The molecule has 0 fully saturated rings. The number of hydrogen-bond acceptors (Lipinski definition) is 3. The van der Waals surface area contributed by atoms with Crippen molar-refractivity contribution in [1.29, 1.82) is 0 Å². The molecule has 0 aliphatic rings. The second-order valence-corrected chi connectivity index (χ2v) is 5.62. The fourth-order valence-corrected chi connectivity index (χ4v) is 2.80. The second-order valence-electron chi connectivity index (χ2n) is 5.62. The molecule has 0 radical (unpaired) electrons. The lowest BCUT2D eigenvalue weighted by molar-refractivity contribution is 0.946. The number of anilines is 2. The highest BCUT2D eigenvalue weighted by Crippen LogP contribution is 2.28. The molecule has 114 valence electrons. The molecule has 4 nitrogen and oxygen atoms in total. The summed E-state index contributed by atoms with van der Waals surface area (Å²) in [4.78, 5) is 11.1. The quantitative estimate of drug-likeness (QED) is 0.732. The topological polar surface area (TPSA) is 34.0 Å². The van der Waals surface area contributed by atoms with Gasteiger partial charge in [-0.3, -0.25) is 0 Å². The van der Waals surface area contributed by atoms with E-state index in [1.807, 2.05) is 24.1 Å². The summed E-state index contributed by atoms with van der Waals surface area (Å²) in [5.74, 6) is 0.940. The first kappa shape index (κ1) is 14.6. The van der Waals surface area contributed by atoms with Gasteiger partial charge < -0.3 is 9.47 Å². The summed E-state index contributed by atoms with van der Waals surface area (Å²) < 4.78 is 2.02. The van der Waals surface area contributed by atoms with Crippen molar-refractivity contribution in [1.82, 2.24) is 14.5 Å². The van der Waals surface area contributed by atoms with Crippen LogP contribution in [0.15, 0.2) is 36.8 Å². The molecule has 0 spiro atoms. The summed E-state index contributed by atoms with van der Waals surface area (Å²) in [6.45, 7) is 4.39. The number of aromatic nitrogens is 3. The average Bonchev–Trinajstić information content (AvgIpc) is 2.94. The van der Waals surface area contributed by atoms with Gasteiger partial charge in [-0.15, -0.1) is 0 Å². The number of hydrogen-bond donors (Lipinski definition) is 0. The van der Waals surface area contributed by atoms with Gasteiger partial charge in [0.25, 0.3) is 0 Å². The third kappa shape index (κ3) is 2.45. The molecular weight excluding hydrogens is 272 g/mol. The summed E-state index contributed by atoms with van der Waals surface area (Å²) in [5, 5.41) is 0. The lowest BCUT2D eigenvalue weighted by Gasteiger charge is -2.22. The average molecular weight is 294 g/mol. The standard InChI is InChI=1S/C18H22N4/c1-5-13-7-8-16(14(6-2)9-13)22(4)18-10-17-15(11-19-18)20-12-21(17)3/h7-12H,5-6H2,1-4H3. The van der Waals surface area contributed by atoms with Crippen molar-refractivity contribution < 1.29 is 0 Å². The molecule has 0 N–H and O–H groups in total. The lowest BCUT2D eigenvalue weighted by Crippen LogP contribution is -2.13. The highest BCUT2D eigenvalue weighted by Gasteiger charge is 2.12. The van der Waals surface area contributed by atoms with Crippen LogP contribution in [-0.2, 0) is 19.9 Å². The van der Waals surface area contributed by atoms with Gasteiger partial charge in [-0.05, 0) is 30.0 Å². The summed E-state index contributed by atoms with van der Waals surface area (Å²) >= 11 is 0. The van der Waals surface area contributed by atoms with Gasteiger partial charge in [-0.25, -0.2) is 9.97 Å². The van der Waals surface area contributed by atoms with Crippen LogP contribution in [0.2, 0.25) is 0 Å². The van der Waals surface area contributed by atoms with Crippen LogP contribution in [0.3, 0.4) is 0 Å². The minimum absolute atomic E-state index is 0.927. The van der Waals surface area contributed by atoms with Gasteiger partial charge >= 0.3 is 0 Å². The molecule has 0 aliphatic heterocycles. The molecule has 0 unspecified atom stereocenters. The van der Waals surface area contributed by atoms with E-state index in [0.29, 0.717) is 0 Å². The first-order chi connectivity index (χ1) is 10.6. The molecule has 1 aromatic carbocycles. The van der Waals surface area contributed by atoms with E-state index in [4.69, 9.17) is 0 Å². The number of rotatable bonds is 4. The molecule has 4 heteroatoms. The Labute approximate surface area is 131 Å². The predicted octanol–water partition coefficient (Wildman–Crippen LogP) is 3.86. The van der Waals surface area contributed by atoms with Crippen LogP contribution in [0.1, 0.15) is 25.0 Å². The molecular formula is C18H22N4. The number of pyridine rings is 1. The summed E-state index contributed by atoms with van der Waals surface area (Å²) in [6.07, 6.45) is 5.74. The summed E-state index contributed by atoms with van der Waals surface area (Å²) in [6, 6.07) is 8.80. The number of fused-ring (bicyclic) bond motifs is 1. The fraction of sp³-hybridized carbons (Fsp3) is 0.333. The van der Waals surface area contributed by atoms with Gasteiger partial charge in [-0.2, -0.15) is 0 Å². The van der Waals surface area contributed by atoms with Crippen molar-refractivity contribution in [3.8, 4) is 0 Å². The van der Waals surface area contributed by atoms with Gasteiger partial charge in [0.05, 0.1) is 18.0 Å². The maximum absolute atomic E-state index is 4.56. The van der Waals surface area contributed by atoms with Gasteiger partial charge in [-0.1, -0.05) is 26.0 Å².